The van der Waals surface area contributed by atoms with Crippen LogP contribution in [-0.4, -0.2) is 45.9 Å². The molecular formula is C8H10N4O5. The first-order valence-electron chi connectivity index (χ1n) is 4.43. The number of methoxy groups -OCH3 is 2. The summed E-state index contributed by atoms with van der Waals surface area (Å²) >= 11 is 0. The molecule has 0 aliphatic carbocycles. The first-order chi connectivity index (χ1) is 8.08. The summed E-state index contributed by atoms with van der Waals surface area (Å²) in [5.41, 5.74) is -0.671. The Labute approximate surface area is 95.2 Å². The van der Waals surface area contributed by atoms with E-state index in [1.165, 1.54) is 14.2 Å². The van der Waals surface area contributed by atoms with E-state index in [0.717, 1.165) is 21.6 Å². The first kappa shape index (κ1) is 12.6. The lowest BCUT2D eigenvalue weighted by Crippen LogP contribution is -2.26. The summed E-state index contributed by atoms with van der Waals surface area (Å²) in [6.45, 7) is -0.346. The zero-order valence-electron chi connectivity index (χ0n) is 9.19. The lowest BCUT2D eigenvalue weighted by Gasteiger charge is -1.95. The number of esters is 2. The molecule has 0 saturated carbocycles. The largest absolute Gasteiger partial charge is 0.468 e. The van der Waals surface area contributed by atoms with Crippen LogP contribution >= 0.6 is 0 Å². The molecule has 1 aromatic heterocycles. The van der Waals surface area contributed by atoms with E-state index >= 15 is 0 Å². The van der Waals surface area contributed by atoms with E-state index in [0.29, 0.717) is 0 Å². The molecule has 0 aliphatic rings. The van der Waals surface area contributed by atoms with E-state index in [1.807, 2.05) is 0 Å². The predicted molar refractivity (Wildman–Crippen MR) is 53.6 cm³/mol. The van der Waals surface area contributed by atoms with Crippen LogP contribution in [-0.2, 0) is 25.6 Å². The van der Waals surface area contributed by atoms with Crippen LogP contribution in [0, 0.1) is 0 Å². The van der Waals surface area contributed by atoms with Crippen LogP contribution in [0.2, 0.25) is 0 Å². The van der Waals surface area contributed by atoms with Gasteiger partial charge in [-0.3, -0.25) is 4.79 Å². The summed E-state index contributed by atoms with van der Waals surface area (Å²) in [5, 5.41) is 6.84. The maximum atomic E-state index is 11.5. The molecule has 1 rings (SSSR count). The monoisotopic (exact) mass is 242 g/mol. The Morgan fingerprint density at radius 1 is 1.29 bits per heavy atom. The van der Waals surface area contributed by atoms with Gasteiger partial charge in [-0.1, -0.05) is 0 Å². The molecule has 9 heteroatoms. The number of hydrogen-bond acceptors (Lipinski definition) is 7. The van der Waals surface area contributed by atoms with Gasteiger partial charge in [0, 0.05) is 12.3 Å². The number of ether oxygens (including phenoxy) is 2. The summed E-state index contributed by atoms with van der Waals surface area (Å²) < 4.78 is 10.3. The van der Waals surface area contributed by atoms with E-state index < -0.39 is 17.6 Å². The van der Waals surface area contributed by atoms with Crippen molar-refractivity contribution >= 4 is 18.1 Å². The Hall–Kier alpha value is -2.45. The molecule has 1 heterocycles. The SMILES string of the molecule is COC(=O)/C=C/n1nnn(CC(=O)OC)c1=O. The van der Waals surface area contributed by atoms with Crippen molar-refractivity contribution in [2.45, 2.75) is 6.54 Å². The van der Waals surface area contributed by atoms with Gasteiger partial charge in [0.2, 0.25) is 0 Å². The highest BCUT2D eigenvalue weighted by atomic mass is 16.5. The molecule has 0 radical (unpaired) electrons. The second kappa shape index (κ2) is 5.58. The fourth-order valence-electron chi connectivity index (χ4n) is 0.865. The zero-order chi connectivity index (χ0) is 12.8. The van der Waals surface area contributed by atoms with Gasteiger partial charge in [-0.15, -0.1) is 0 Å². The Balaban J connectivity index is 2.84. The fraction of sp³-hybridized carbons (Fsp3) is 0.375. The molecule has 0 amide bonds. The number of tetrazole rings is 1. The molecule has 92 valence electrons. The first-order valence-corrected chi connectivity index (χ1v) is 4.43. The third-order valence-electron chi connectivity index (χ3n) is 1.72. The Morgan fingerprint density at radius 2 is 2.00 bits per heavy atom. The minimum absolute atomic E-state index is 0.346. The van der Waals surface area contributed by atoms with Gasteiger partial charge in [-0.2, -0.15) is 9.36 Å². The van der Waals surface area contributed by atoms with Crippen LogP contribution in [0.1, 0.15) is 0 Å². The molecule has 0 bridgehead atoms. The van der Waals surface area contributed by atoms with Crippen molar-refractivity contribution in [1.29, 1.82) is 0 Å². The van der Waals surface area contributed by atoms with Gasteiger partial charge < -0.3 is 9.47 Å². The van der Waals surface area contributed by atoms with Crippen molar-refractivity contribution in [3.05, 3.63) is 16.6 Å². The molecule has 0 saturated heterocycles. The molecule has 0 aliphatic heterocycles. The van der Waals surface area contributed by atoms with Gasteiger partial charge in [0.05, 0.1) is 14.2 Å². The average molecular weight is 242 g/mol. The molecule has 0 fully saturated rings. The molecule has 17 heavy (non-hydrogen) atoms. The van der Waals surface area contributed by atoms with Crippen LogP contribution in [0.4, 0.5) is 0 Å². The minimum Gasteiger partial charge on any atom is -0.468 e. The van der Waals surface area contributed by atoms with E-state index in [2.05, 4.69) is 19.9 Å². The number of hydrogen-bond donors (Lipinski definition) is 0. The number of aromatic nitrogens is 4. The van der Waals surface area contributed by atoms with Crippen molar-refractivity contribution in [3.63, 3.8) is 0 Å². The van der Waals surface area contributed by atoms with Crippen LogP contribution in [0.15, 0.2) is 10.9 Å². The van der Waals surface area contributed by atoms with Gasteiger partial charge in [0.15, 0.2) is 0 Å². The molecule has 0 N–H and O–H groups in total. The van der Waals surface area contributed by atoms with Gasteiger partial charge in [0.25, 0.3) is 0 Å². The van der Waals surface area contributed by atoms with Crippen molar-refractivity contribution in [2.24, 2.45) is 0 Å². The predicted octanol–water partition coefficient (Wildman–Crippen LogP) is -1.74. The van der Waals surface area contributed by atoms with Gasteiger partial charge in [-0.05, 0) is 10.4 Å². The van der Waals surface area contributed by atoms with Crippen molar-refractivity contribution < 1.29 is 19.1 Å². The normalized spacial score (nSPS) is 10.5. The molecule has 9 nitrogen and oxygen atoms in total. The Kier molecular flexibility index (Phi) is 4.14. The molecule has 1 aromatic rings. The van der Waals surface area contributed by atoms with Gasteiger partial charge >= 0.3 is 17.6 Å². The molecule has 0 aromatic carbocycles. The van der Waals surface area contributed by atoms with Gasteiger partial charge in [0.1, 0.15) is 6.54 Å². The maximum absolute atomic E-state index is 11.5. The number of carbonyl (C=O) groups is 2. The molecular weight excluding hydrogens is 232 g/mol. The zero-order valence-corrected chi connectivity index (χ0v) is 9.19. The van der Waals surface area contributed by atoms with Crippen molar-refractivity contribution in [2.75, 3.05) is 14.2 Å². The Bertz CT molecular complexity index is 500. The Morgan fingerprint density at radius 3 is 2.59 bits per heavy atom. The second-order valence-corrected chi connectivity index (χ2v) is 2.78. The topological polar surface area (TPSA) is 105 Å². The van der Waals surface area contributed by atoms with Crippen LogP contribution in [0.5, 0.6) is 0 Å². The van der Waals surface area contributed by atoms with Gasteiger partial charge in [-0.25, -0.2) is 9.59 Å². The summed E-state index contributed by atoms with van der Waals surface area (Å²) in [7, 11) is 2.39. The van der Waals surface area contributed by atoms with Crippen molar-refractivity contribution in [1.82, 2.24) is 19.8 Å². The standard InChI is InChI=1S/C8H10N4O5/c1-16-6(13)3-4-11-8(15)12(10-9-11)5-7(14)17-2/h3-4H,5H2,1-2H3/b4-3+. The van der Waals surface area contributed by atoms with E-state index in [1.54, 1.807) is 0 Å². The fourth-order valence-corrected chi connectivity index (χ4v) is 0.865. The van der Waals surface area contributed by atoms with Crippen LogP contribution in [0.25, 0.3) is 6.20 Å². The summed E-state index contributed by atoms with van der Waals surface area (Å²) in [5.74, 6) is -1.27. The molecule has 0 spiro atoms. The average Bonchev–Trinajstić information content (AvgIpc) is 2.67. The number of carbonyl (C=O) groups excluding carboxylic acids is 2. The highest BCUT2D eigenvalue weighted by Crippen LogP contribution is 1.83. The highest BCUT2D eigenvalue weighted by Gasteiger charge is 2.09. The summed E-state index contributed by atoms with van der Waals surface area (Å²) in [6.07, 6.45) is 2.08. The van der Waals surface area contributed by atoms with E-state index in [-0.39, 0.29) is 6.54 Å². The minimum atomic E-state index is -0.671. The van der Waals surface area contributed by atoms with Crippen molar-refractivity contribution in [3.8, 4) is 0 Å². The number of rotatable bonds is 4. The summed E-state index contributed by atoms with van der Waals surface area (Å²) in [4.78, 5) is 33.2. The molecule has 0 unspecified atom stereocenters. The second-order valence-electron chi connectivity index (χ2n) is 2.78. The summed E-state index contributed by atoms with van der Waals surface area (Å²) in [6, 6.07) is 0. The highest BCUT2D eigenvalue weighted by molar-refractivity contribution is 5.84. The maximum Gasteiger partial charge on any atom is 0.368 e. The van der Waals surface area contributed by atoms with E-state index in [9.17, 15) is 14.4 Å². The van der Waals surface area contributed by atoms with Crippen LogP contribution in [0.3, 0.4) is 0 Å². The third kappa shape index (κ3) is 3.26. The third-order valence-corrected chi connectivity index (χ3v) is 1.72. The smallest absolute Gasteiger partial charge is 0.368 e. The lowest BCUT2D eigenvalue weighted by molar-refractivity contribution is -0.141. The number of nitrogens with zero attached hydrogens (tertiary/aromatic N) is 4. The lowest BCUT2D eigenvalue weighted by atomic mass is 10.6. The van der Waals surface area contributed by atoms with E-state index in [4.69, 9.17) is 0 Å². The van der Waals surface area contributed by atoms with Crippen LogP contribution < -0.4 is 5.69 Å². The quantitative estimate of drug-likeness (QED) is 0.455. The molecule has 0 atom stereocenters.